The van der Waals surface area contributed by atoms with Gasteiger partial charge in [-0.25, -0.2) is 9.18 Å². The summed E-state index contributed by atoms with van der Waals surface area (Å²) in [4.78, 5) is 24.4. The van der Waals surface area contributed by atoms with Crippen LogP contribution in [-0.2, 0) is 9.53 Å². The fraction of sp³-hybridized carbons (Fsp3) is 0.118. The van der Waals surface area contributed by atoms with E-state index in [2.05, 4.69) is 15.5 Å². The Morgan fingerprint density at radius 2 is 2.04 bits per heavy atom. The second-order valence-electron chi connectivity index (χ2n) is 5.28. The maximum absolute atomic E-state index is 13.0. The predicted octanol–water partition coefficient (Wildman–Crippen LogP) is 3.54. The van der Waals surface area contributed by atoms with E-state index in [1.165, 1.54) is 13.0 Å². The van der Waals surface area contributed by atoms with Crippen molar-refractivity contribution in [3.63, 3.8) is 0 Å². The van der Waals surface area contributed by atoms with E-state index >= 15 is 0 Å². The fourth-order valence-corrected chi connectivity index (χ4v) is 2.43. The molecule has 0 saturated carbocycles. The first-order chi connectivity index (χ1) is 12.0. The molecular weight excluding hydrogens is 349 g/mol. The number of esters is 1. The highest BCUT2D eigenvalue weighted by atomic mass is 35.5. The van der Waals surface area contributed by atoms with Crippen molar-refractivity contribution in [3.05, 3.63) is 59.0 Å². The first-order valence-corrected chi connectivity index (χ1v) is 7.73. The monoisotopic (exact) mass is 361 g/mol. The number of ether oxygens (including phenoxy) is 1. The number of nitrogens with zero attached hydrogens (tertiary/aromatic N) is 1. The number of hydrogen-bond acceptors (Lipinski definition) is 4. The van der Waals surface area contributed by atoms with Gasteiger partial charge in [0.05, 0.1) is 16.2 Å². The van der Waals surface area contributed by atoms with Gasteiger partial charge in [0.2, 0.25) is 0 Å². The minimum Gasteiger partial charge on any atom is -0.448 e. The van der Waals surface area contributed by atoms with Gasteiger partial charge in [0.1, 0.15) is 5.82 Å². The number of anilines is 1. The number of fused-ring (bicyclic) bond motifs is 1. The number of benzene rings is 2. The highest BCUT2D eigenvalue weighted by Gasteiger charge is 2.22. The molecule has 1 aromatic heterocycles. The van der Waals surface area contributed by atoms with E-state index in [0.717, 1.165) is 12.1 Å². The molecule has 0 unspecified atom stereocenters. The Labute approximate surface area is 146 Å². The van der Waals surface area contributed by atoms with Gasteiger partial charge in [-0.3, -0.25) is 9.89 Å². The van der Waals surface area contributed by atoms with Crippen molar-refractivity contribution in [3.8, 4) is 0 Å². The van der Waals surface area contributed by atoms with E-state index in [-0.39, 0.29) is 16.4 Å². The van der Waals surface area contributed by atoms with Crippen LogP contribution in [0.15, 0.2) is 42.5 Å². The first kappa shape index (κ1) is 16.9. The molecule has 1 amide bonds. The molecule has 25 heavy (non-hydrogen) atoms. The number of H-pyrrole nitrogens is 1. The number of halogens is 2. The van der Waals surface area contributed by atoms with Crippen LogP contribution in [-0.4, -0.2) is 28.2 Å². The molecular formula is C17H13ClFN3O3. The lowest BCUT2D eigenvalue weighted by atomic mass is 10.2. The Bertz CT molecular complexity index is 957. The van der Waals surface area contributed by atoms with Crippen LogP contribution < -0.4 is 5.32 Å². The van der Waals surface area contributed by atoms with Crippen molar-refractivity contribution >= 4 is 40.1 Å². The topological polar surface area (TPSA) is 84.1 Å². The number of rotatable bonds is 4. The average Bonchev–Trinajstić information content (AvgIpc) is 3.01. The van der Waals surface area contributed by atoms with Crippen LogP contribution in [0.4, 0.5) is 10.1 Å². The molecule has 0 bridgehead atoms. The van der Waals surface area contributed by atoms with E-state index in [4.69, 9.17) is 16.3 Å². The third-order valence-corrected chi connectivity index (χ3v) is 3.82. The van der Waals surface area contributed by atoms with Gasteiger partial charge in [-0.1, -0.05) is 29.8 Å². The average molecular weight is 362 g/mol. The van der Waals surface area contributed by atoms with Crippen molar-refractivity contribution in [2.45, 2.75) is 13.0 Å². The highest BCUT2D eigenvalue weighted by molar-refractivity contribution is 6.33. The molecule has 0 saturated heterocycles. The summed E-state index contributed by atoms with van der Waals surface area (Å²) in [6.45, 7) is 1.42. The standard InChI is InChI=1S/C17H13ClFN3O3/c1-9(16(23)20-14-7-6-10(19)8-12(14)18)25-17(24)15-11-4-2-3-5-13(11)21-22-15/h2-9H,1H3,(H,20,23)(H,21,22)/t9-/m1/s1. The molecule has 3 aromatic rings. The molecule has 1 atom stereocenters. The molecule has 8 heteroatoms. The van der Waals surface area contributed by atoms with Crippen molar-refractivity contribution in [2.75, 3.05) is 5.32 Å². The molecule has 0 spiro atoms. The second-order valence-corrected chi connectivity index (χ2v) is 5.69. The van der Waals surface area contributed by atoms with Gasteiger partial charge in [-0.2, -0.15) is 5.10 Å². The number of aromatic amines is 1. The summed E-state index contributed by atoms with van der Waals surface area (Å²) in [5, 5.41) is 9.77. The minimum absolute atomic E-state index is 0.0465. The summed E-state index contributed by atoms with van der Waals surface area (Å²) >= 11 is 5.85. The summed E-state index contributed by atoms with van der Waals surface area (Å²) < 4.78 is 18.2. The summed E-state index contributed by atoms with van der Waals surface area (Å²) in [7, 11) is 0. The molecule has 2 aromatic carbocycles. The number of nitrogens with one attached hydrogen (secondary N) is 2. The molecule has 0 radical (unpaired) electrons. The number of carbonyl (C=O) groups excluding carboxylic acids is 2. The number of hydrogen-bond donors (Lipinski definition) is 2. The van der Waals surface area contributed by atoms with Gasteiger partial charge >= 0.3 is 5.97 Å². The minimum atomic E-state index is -1.09. The van der Waals surface area contributed by atoms with Crippen LogP contribution in [0.1, 0.15) is 17.4 Å². The molecule has 128 valence electrons. The van der Waals surface area contributed by atoms with Crippen molar-refractivity contribution in [1.82, 2.24) is 10.2 Å². The summed E-state index contributed by atoms with van der Waals surface area (Å²) in [5.74, 6) is -1.85. The summed E-state index contributed by atoms with van der Waals surface area (Å²) in [5.41, 5.74) is 1.00. The molecule has 0 aliphatic rings. The maximum atomic E-state index is 13.0. The van der Waals surface area contributed by atoms with Crippen LogP contribution in [0.3, 0.4) is 0 Å². The normalized spacial score (nSPS) is 12.0. The zero-order chi connectivity index (χ0) is 18.0. The van der Waals surface area contributed by atoms with Crippen LogP contribution in [0.5, 0.6) is 0 Å². The number of amides is 1. The van der Waals surface area contributed by atoms with Crippen LogP contribution in [0.2, 0.25) is 5.02 Å². The third-order valence-electron chi connectivity index (χ3n) is 3.51. The molecule has 6 nitrogen and oxygen atoms in total. The van der Waals surface area contributed by atoms with Crippen molar-refractivity contribution in [1.29, 1.82) is 0 Å². The van der Waals surface area contributed by atoms with E-state index in [0.29, 0.717) is 10.9 Å². The van der Waals surface area contributed by atoms with Crippen molar-refractivity contribution in [2.24, 2.45) is 0 Å². The van der Waals surface area contributed by atoms with E-state index < -0.39 is 23.8 Å². The Morgan fingerprint density at radius 3 is 2.80 bits per heavy atom. The van der Waals surface area contributed by atoms with Gasteiger partial charge in [0, 0.05) is 5.39 Å². The zero-order valence-corrected chi connectivity index (χ0v) is 13.8. The zero-order valence-electron chi connectivity index (χ0n) is 13.0. The van der Waals surface area contributed by atoms with Gasteiger partial charge in [0.15, 0.2) is 11.8 Å². The SMILES string of the molecule is C[C@@H](OC(=O)c1n[nH]c2ccccc12)C(=O)Nc1ccc(F)cc1Cl. The lowest BCUT2D eigenvalue weighted by molar-refractivity contribution is -0.123. The number of carbonyl (C=O) groups is 2. The molecule has 0 fully saturated rings. The Balaban J connectivity index is 1.69. The molecule has 0 aliphatic carbocycles. The maximum Gasteiger partial charge on any atom is 0.360 e. The lowest BCUT2D eigenvalue weighted by Crippen LogP contribution is -2.30. The van der Waals surface area contributed by atoms with Gasteiger partial charge in [-0.15, -0.1) is 0 Å². The van der Waals surface area contributed by atoms with Gasteiger partial charge in [0.25, 0.3) is 5.91 Å². The molecule has 1 heterocycles. The number of para-hydroxylation sites is 1. The summed E-state index contributed by atoms with van der Waals surface area (Å²) in [6, 6.07) is 10.6. The van der Waals surface area contributed by atoms with Crippen LogP contribution in [0.25, 0.3) is 10.9 Å². The smallest absolute Gasteiger partial charge is 0.360 e. The molecule has 2 N–H and O–H groups in total. The van der Waals surface area contributed by atoms with E-state index in [1.807, 2.05) is 0 Å². The Hall–Kier alpha value is -2.93. The van der Waals surface area contributed by atoms with E-state index in [9.17, 15) is 14.0 Å². The third kappa shape index (κ3) is 3.61. The first-order valence-electron chi connectivity index (χ1n) is 7.35. The second kappa shape index (κ2) is 6.90. The largest absolute Gasteiger partial charge is 0.448 e. The highest BCUT2D eigenvalue weighted by Crippen LogP contribution is 2.23. The van der Waals surface area contributed by atoms with Crippen LogP contribution >= 0.6 is 11.6 Å². The summed E-state index contributed by atoms with van der Waals surface area (Å²) in [6.07, 6.45) is -1.09. The van der Waals surface area contributed by atoms with Crippen molar-refractivity contribution < 1.29 is 18.7 Å². The fourth-order valence-electron chi connectivity index (χ4n) is 2.21. The van der Waals surface area contributed by atoms with Gasteiger partial charge < -0.3 is 10.1 Å². The van der Waals surface area contributed by atoms with Gasteiger partial charge in [-0.05, 0) is 31.2 Å². The molecule has 0 aliphatic heterocycles. The van der Waals surface area contributed by atoms with E-state index in [1.54, 1.807) is 24.3 Å². The molecule has 3 rings (SSSR count). The Morgan fingerprint density at radius 1 is 1.28 bits per heavy atom. The predicted molar refractivity (Wildman–Crippen MR) is 91.0 cm³/mol. The van der Waals surface area contributed by atoms with Crippen LogP contribution in [0, 0.1) is 5.82 Å². The number of aromatic nitrogens is 2. The Kier molecular flexibility index (Phi) is 4.67. The quantitative estimate of drug-likeness (QED) is 0.696. The lowest BCUT2D eigenvalue weighted by Gasteiger charge is -2.13.